The van der Waals surface area contributed by atoms with Gasteiger partial charge < -0.3 is 46.2 Å². The number of hydrogen-bond acceptors (Lipinski definition) is 25. The summed E-state index contributed by atoms with van der Waals surface area (Å²) in [6.07, 6.45) is 2.28. The second-order valence-electron chi connectivity index (χ2n) is 12.8. The van der Waals surface area contributed by atoms with Crippen LogP contribution < -0.4 is 25.8 Å². The molecule has 0 spiro atoms. The van der Waals surface area contributed by atoms with E-state index in [4.69, 9.17) is 5.26 Å². The molecule has 0 aliphatic rings. The van der Waals surface area contributed by atoms with Crippen molar-refractivity contribution in [3.63, 3.8) is 0 Å². The SMILES string of the molecule is O=S(=O)(O)c1ccc(Nc2nc(Nc3ccc(C=Cc4ccc(Nc5nc(SOOO)nc(N(CCO)CCO)n5)cc4S(=O)(=O)O)c(S(=O)(=O)O)c3)nc(N(CCO)CCO)n2)cc1. The van der Waals surface area contributed by atoms with Crippen LogP contribution in [0.3, 0.4) is 0 Å². The molecule has 2 heterocycles. The van der Waals surface area contributed by atoms with E-state index in [1.165, 1.54) is 46.2 Å². The predicted molar refractivity (Wildman–Crippen MR) is 231 cm³/mol. The Morgan fingerprint density at radius 3 is 1.34 bits per heavy atom. The number of aliphatic hydroxyl groups excluding tert-OH is 4. The van der Waals surface area contributed by atoms with Crippen molar-refractivity contribution in [2.75, 3.05) is 78.4 Å². The molecule has 5 aromatic rings. The van der Waals surface area contributed by atoms with Gasteiger partial charge in [0, 0.05) is 43.2 Å². The summed E-state index contributed by atoms with van der Waals surface area (Å²) in [5.74, 6) is -0.729. The Bertz CT molecular complexity index is 2800. The summed E-state index contributed by atoms with van der Waals surface area (Å²) in [5, 5.41) is 58.5. The van der Waals surface area contributed by atoms with E-state index in [2.05, 4.69) is 55.2 Å². The first-order valence-corrected chi connectivity index (χ1v) is 23.3. The third-order valence-corrected chi connectivity index (χ3v) is 11.5. The van der Waals surface area contributed by atoms with Gasteiger partial charge in [-0.05, 0) is 59.7 Å². The molecule has 0 bridgehead atoms. The fraction of sp³-hybridized carbons (Fsp3) is 0.235. The first kappa shape index (κ1) is 50.2. The summed E-state index contributed by atoms with van der Waals surface area (Å²) in [6.45, 7) is -1.54. The standard InChI is InChI=1S/C34H39N11O16S4/c46-15-11-44(12-16-47)32-39-29(35-23-7-9-26(10-8-23)63(51,52)53)38-30(40-32)36-24-5-3-21(27(19-24)64(54,55)56)1-2-22-4-6-25(20-28(22)65(57,58)59)37-31-41-33(45(13-17-48)14-18-49)43-34(42-31)62-61-60-50/h1-10,19-20,46-50H,11-18H2,(H,51,52,53)(H,54,55,56)(H,57,58,59)(H,37,41,42,43)(H2,35,36,38,39,40). The molecule has 0 unspecified atom stereocenters. The molecule has 0 radical (unpaired) electrons. The van der Waals surface area contributed by atoms with Crippen molar-refractivity contribution in [1.29, 1.82) is 0 Å². The zero-order valence-electron chi connectivity index (χ0n) is 33.1. The first-order valence-electron chi connectivity index (χ1n) is 18.2. The number of rotatable bonds is 24. The maximum atomic E-state index is 12.7. The van der Waals surface area contributed by atoms with Gasteiger partial charge in [-0.25, -0.2) is 5.26 Å². The second kappa shape index (κ2) is 22.4. The fourth-order valence-corrected chi connectivity index (χ4v) is 7.81. The van der Waals surface area contributed by atoms with E-state index in [9.17, 15) is 59.3 Å². The highest BCUT2D eigenvalue weighted by Gasteiger charge is 2.21. The summed E-state index contributed by atoms with van der Waals surface area (Å²) < 4.78 is 108. The van der Waals surface area contributed by atoms with Crippen molar-refractivity contribution in [3.05, 3.63) is 71.8 Å². The lowest BCUT2D eigenvalue weighted by atomic mass is 10.1. The Morgan fingerprint density at radius 2 is 0.938 bits per heavy atom. The van der Waals surface area contributed by atoms with Crippen molar-refractivity contribution >= 4 is 101 Å². The van der Waals surface area contributed by atoms with Gasteiger partial charge in [-0.2, -0.15) is 55.2 Å². The van der Waals surface area contributed by atoms with Crippen molar-refractivity contribution < 1.29 is 74.0 Å². The smallest absolute Gasteiger partial charge is 0.295 e. The Hall–Kier alpha value is -5.78. The van der Waals surface area contributed by atoms with Gasteiger partial charge in [0.25, 0.3) is 30.4 Å². The number of benzene rings is 3. The van der Waals surface area contributed by atoms with Gasteiger partial charge in [0.15, 0.2) is 0 Å². The average molecular weight is 986 g/mol. The van der Waals surface area contributed by atoms with Crippen molar-refractivity contribution in [1.82, 2.24) is 29.9 Å². The van der Waals surface area contributed by atoms with E-state index in [1.807, 2.05) is 0 Å². The van der Waals surface area contributed by atoms with Gasteiger partial charge in [-0.15, -0.1) is 4.33 Å². The molecule has 0 fully saturated rings. The summed E-state index contributed by atoms with van der Waals surface area (Å²) >= 11 is 0.353. The molecule has 0 aliphatic heterocycles. The lowest BCUT2D eigenvalue weighted by molar-refractivity contribution is -0.432. The monoisotopic (exact) mass is 985 g/mol. The minimum atomic E-state index is -5.00. The molecule has 27 nitrogen and oxygen atoms in total. The molecule has 65 heavy (non-hydrogen) atoms. The number of anilines is 8. The molecule has 0 aliphatic carbocycles. The summed E-state index contributed by atoms with van der Waals surface area (Å²) in [5.41, 5.74) is -0.0533. The maximum absolute atomic E-state index is 12.7. The normalized spacial score (nSPS) is 12.1. The third-order valence-electron chi connectivity index (χ3n) is 8.36. The minimum absolute atomic E-state index is 0.00198. The Labute approximate surface area is 373 Å². The lowest BCUT2D eigenvalue weighted by Gasteiger charge is -2.21. The van der Waals surface area contributed by atoms with E-state index >= 15 is 0 Å². The zero-order chi connectivity index (χ0) is 47.4. The lowest BCUT2D eigenvalue weighted by Crippen LogP contribution is -2.31. The molecule has 0 amide bonds. The molecule has 0 atom stereocenters. The van der Waals surface area contributed by atoms with Crippen LogP contribution in [-0.2, 0) is 39.7 Å². The van der Waals surface area contributed by atoms with Gasteiger partial charge in [0.05, 0.1) is 31.3 Å². The minimum Gasteiger partial charge on any atom is -0.395 e. The predicted octanol–water partition coefficient (Wildman–Crippen LogP) is 1.21. The van der Waals surface area contributed by atoms with E-state index in [0.29, 0.717) is 12.0 Å². The molecular weight excluding hydrogens is 947 g/mol. The Morgan fingerprint density at radius 1 is 0.538 bits per heavy atom. The van der Waals surface area contributed by atoms with E-state index in [-0.39, 0.29) is 121 Å². The molecule has 31 heteroatoms. The molecule has 2 aromatic heterocycles. The molecule has 0 saturated heterocycles. The van der Waals surface area contributed by atoms with Crippen LogP contribution in [0.4, 0.5) is 46.8 Å². The third kappa shape index (κ3) is 14.4. The number of nitrogens with zero attached hydrogens (tertiary/aromatic N) is 8. The van der Waals surface area contributed by atoms with E-state index in [0.717, 1.165) is 36.4 Å². The molecule has 350 valence electrons. The van der Waals surface area contributed by atoms with Gasteiger partial charge in [-0.3, -0.25) is 13.7 Å². The zero-order valence-corrected chi connectivity index (χ0v) is 36.4. The van der Waals surface area contributed by atoms with Crippen LogP contribution in [-0.4, -0.2) is 147 Å². The largest absolute Gasteiger partial charge is 0.395 e. The van der Waals surface area contributed by atoms with Crippen molar-refractivity contribution in [3.8, 4) is 0 Å². The van der Waals surface area contributed by atoms with E-state index in [1.54, 1.807) is 0 Å². The van der Waals surface area contributed by atoms with Crippen LogP contribution in [0.15, 0.2) is 80.5 Å². The van der Waals surface area contributed by atoms with Crippen LogP contribution in [0.5, 0.6) is 0 Å². The molecule has 5 rings (SSSR count). The highest BCUT2D eigenvalue weighted by molar-refractivity contribution is 7.94. The van der Waals surface area contributed by atoms with Crippen LogP contribution >= 0.6 is 12.0 Å². The molecular formula is C34H39N11O16S4. The Kier molecular flexibility index (Phi) is 17.3. The van der Waals surface area contributed by atoms with Gasteiger partial charge in [0.1, 0.15) is 21.8 Å². The highest BCUT2D eigenvalue weighted by Crippen LogP contribution is 2.29. The molecule has 11 N–H and O–H groups in total. The summed E-state index contributed by atoms with van der Waals surface area (Å²) in [7, 11) is -14.5. The average Bonchev–Trinajstić information content (AvgIpc) is 3.24. The quantitative estimate of drug-likeness (QED) is 0.0136. The van der Waals surface area contributed by atoms with Crippen LogP contribution in [0, 0.1) is 0 Å². The number of hydrogen-bond donors (Lipinski definition) is 11. The van der Waals surface area contributed by atoms with Crippen LogP contribution in [0.2, 0.25) is 0 Å². The van der Waals surface area contributed by atoms with Crippen LogP contribution in [0.25, 0.3) is 12.2 Å². The van der Waals surface area contributed by atoms with E-state index < -0.39 is 40.1 Å². The molecule has 3 aromatic carbocycles. The number of aliphatic hydroxyl groups is 4. The highest BCUT2D eigenvalue weighted by atomic mass is 32.2. The second-order valence-corrected chi connectivity index (χ2v) is 17.7. The van der Waals surface area contributed by atoms with Crippen LogP contribution in [0.1, 0.15) is 11.1 Å². The maximum Gasteiger partial charge on any atom is 0.295 e. The van der Waals surface area contributed by atoms with Gasteiger partial charge in [0.2, 0.25) is 34.9 Å². The molecule has 0 saturated carbocycles. The van der Waals surface area contributed by atoms with Crippen molar-refractivity contribution in [2.24, 2.45) is 0 Å². The summed E-state index contributed by atoms with van der Waals surface area (Å²) in [4.78, 5) is 26.3. The van der Waals surface area contributed by atoms with Gasteiger partial charge >= 0.3 is 0 Å². The number of nitrogens with one attached hydrogen (secondary N) is 3. The van der Waals surface area contributed by atoms with Gasteiger partial charge in [-0.1, -0.05) is 29.3 Å². The fourth-order valence-electron chi connectivity index (χ4n) is 5.57. The number of aromatic nitrogens is 6. The first-order chi connectivity index (χ1) is 30.8. The van der Waals surface area contributed by atoms with Crippen molar-refractivity contribution in [2.45, 2.75) is 19.8 Å². The summed E-state index contributed by atoms with van der Waals surface area (Å²) in [6, 6.07) is 12.0. The Balaban J connectivity index is 1.47. The topological polar surface area (TPSA) is 403 Å².